The Kier molecular flexibility index (Phi) is 4.93. The van der Waals surface area contributed by atoms with Gasteiger partial charge in [0.2, 0.25) is 0 Å². The number of benzene rings is 1. The van der Waals surface area contributed by atoms with E-state index in [0.29, 0.717) is 21.9 Å². The summed E-state index contributed by atoms with van der Waals surface area (Å²) < 4.78 is 5.27. The molecule has 0 aliphatic carbocycles. The third kappa shape index (κ3) is 3.40. The first kappa shape index (κ1) is 15.5. The maximum atomic E-state index is 12.3. The number of carbonyl (C=O) groups is 1. The normalized spacial score (nSPS) is 10.2. The first-order valence-electron chi connectivity index (χ1n) is 6.43. The van der Waals surface area contributed by atoms with Crippen LogP contribution in [0.3, 0.4) is 0 Å². The molecule has 0 fully saturated rings. The van der Waals surface area contributed by atoms with Crippen LogP contribution in [0.25, 0.3) is 0 Å². The molecule has 110 valence electrons. The lowest BCUT2D eigenvalue weighted by Crippen LogP contribution is -2.17. The number of thiocarbonyl (C=S) groups is 1. The summed E-state index contributed by atoms with van der Waals surface area (Å²) in [5.41, 5.74) is 6.80. The van der Waals surface area contributed by atoms with Gasteiger partial charge in [-0.1, -0.05) is 25.2 Å². The SMILES string of the molecule is CCc1ccc(C(=O)Nc2c(OC)cccc2C(N)=S)s1. The number of hydrogen-bond acceptors (Lipinski definition) is 4. The second-order valence-corrected chi connectivity index (χ2v) is 5.93. The van der Waals surface area contributed by atoms with Crippen LogP contribution < -0.4 is 15.8 Å². The maximum Gasteiger partial charge on any atom is 0.265 e. The molecule has 6 heteroatoms. The number of aryl methyl sites for hydroxylation is 1. The lowest BCUT2D eigenvalue weighted by atomic mass is 10.1. The van der Waals surface area contributed by atoms with E-state index in [1.165, 1.54) is 18.4 Å². The molecule has 0 spiro atoms. The highest BCUT2D eigenvalue weighted by Crippen LogP contribution is 2.29. The van der Waals surface area contributed by atoms with E-state index in [1.807, 2.05) is 12.1 Å². The average molecular weight is 320 g/mol. The minimum Gasteiger partial charge on any atom is -0.495 e. The third-order valence-corrected chi connectivity index (χ3v) is 4.43. The van der Waals surface area contributed by atoms with E-state index in [-0.39, 0.29) is 10.9 Å². The number of para-hydroxylation sites is 1. The fraction of sp³-hybridized carbons (Fsp3) is 0.200. The minimum absolute atomic E-state index is 0.193. The first-order valence-corrected chi connectivity index (χ1v) is 7.66. The van der Waals surface area contributed by atoms with Crippen molar-refractivity contribution in [3.8, 4) is 5.75 Å². The van der Waals surface area contributed by atoms with Crippen molar-refractivity contribution in [1.82, 2.24) is 0 Å². The molecule has 1 aromatic heterocycles. The van der Waals surface area contributed by atoms with E-state index < -0.39 is 0 Å². The van der Waals surface area contributed by atoms with Gasteiger partial charge < -0.3 is 15.8 Å². The van der Waals surface area contributed by atoms with Gasteiger partial charge in [0.25, 0.3) is 5.91 Å². The molecule has 0 saturated heterocycles. The van der Waals surface area contributed by atoms with Crippen LogP contribution in [0.1, 0.15) is 27.0 Å². The van der Waals surface area contributed by atoms with Crippen molar-refractivity contribution in [1.29, 1.82) is 0 Å². The second-order valence-electron chi connectivity index (χ2n) is 4.32. The number of nitrogens with two attached hydrogens (primary N) is 1. The van der Waals surface area contributed by atoms with E-state index in [2.05, 4.69) is 12.2 Å². The predicted molar refractivity (Wildman–Crippen MR) is 90.5 cm³/mol. The standard InChI is InChI=1S/C15H16N2O2S2/c1-3-9-7-8-12(21-9)15(18)17-13-10(14(16)20)5-4-6-11(13)19-2/h4-8H,3H2,1-2H3,(H2,16,20)(H,17,18). The highest BCUT2D eigenvalue weighted by molar-refractivity contribution is 7.80. The van der Waals surface area contributed by atoms with Gasteiger partial charge in [-0.3, -0.25) is 4.79 Å². The fourth-order valence-electron chi connectivity index (χ4n) is 1.90. The van der Waals surface area contributed by atoms with Crippen molar-refractivity contribution in [3.63, 3.8) is 0 Å². The topological polar surface area (TPSA) is 64.3 Å². The Balaban J connectivity index is 2.33. The van der Waals surface area contributed by atoms with E-state index in [0.717, 1.165) is 11.3 Å². The Morgan fingerprint density at radius 3 is 2.71 bits per heavy atom. The maximum absolute atomic E-state index is 12.3. The van der Waals surface area contributed by atoms with Crippen molar-refractivity contribution < 1.29 is 9.53 Å². The fourth-order valence-corrected chi connectivity index (χ4v) is 2.91. The molecule has 0 saturated carbocycles. The van der Waals surface area contributed by atoms with Crippen molar-refractivity contribution in [3.05, 3.63) is 45.6 Å². The van der Waals surface area contributed by atoms with Crippen molar-refractivity contribution >= 4 is 40.1 Å². The molecule has 3 N–H and O–H groups in total. The summed E-state index contributed by atoms with van der Waals surface area (Å²) in [5.74, 6) is 0.336. The highest BCUT2D eigenvalue weighted by atomic mass is 32.1. The van der Waals surface area contributed by atoms with Crippen LogP contribution >= 0.6 is 23.6 Å². The number of anilines is 1. The van der Waals surface area contributed by atoms with Crippen LogP contribution in [0.4, 0.5) is 5.69 Å². The van der Waals surface area contributed by atoms with Gasteiger partial charge in [-0.25, -0.2) is 0 Å². The molecule has 1 aromatic carbocycles. The summed E-state index contributed by atoms with van der Waals surface area (Å²) >= 11 is 6.49. The Morgan fingerprint density at radius 2 is 2.14 bits per heavy atom. The quantitative estimate of drug-likeness (QED) is 0.830. The van der Waals surface area contributed by atoms with Gasteiger partial charge >= 0.3 is 0 Å². The van der Waals surface area contributed by atoms with Crippen LogP contribution in [-0.2, 0) is 6.42 Å². The van der Waals surface area contributed by atoms with Gasteiger partial charge in [-0.2, -0.15) is 0 Å². The van der Waals surface area contributed by atoms with Gasteiger partial charge in [0.1, 0.15) is 10.7 Å². The van der Waals surface area contributed by atoms with Crippen molar-refractivity contribution in [2.24, 2.45) is 5.73 Å². The highest BCUT2D eigenvalue weighted by Gasteiger charge is 2.16. The Morgan fingerprint density at radius 1 is 1.38 bits per heavy atom. The summed E-state index contributed by atoms with van der Waals surface area (Å²) in [7, 11) is 1.54. The lowest BCUT2D eigenvalue weighted by Gasteiger charge is -2.13. The zero-order chi connectivity index (χ0) is 15.4. The summed E-state index contributed by atoms with van der Waals surface area (Å²) in [6, 6.07) is 9.06. The van der Waals surface area contributed by atoms with Gasteiger partial charge in [0.15, 0.2) is 0 Å². The van der Waals surface area contributed by atoms with Crippen LogP contribution in [0.2, 0.25) is 0 Å². The smallest absolute Gasteiger partial charge is 0.265 e. The number of nitrogens with one attached hydrogen (secondary N) is 1. The van der Waals surface area contributed by atoms with Gasteiger partial charge in [0.05, 0.1) is 17.7 Å². The van der Waals surface area contributed by atoms with Crippen LogP contribution in [0, 0.1) is 0 Å². The lowest BCUT2D eigenvalue weighted by molar-refractivity contribution is 0.103. The molecule has 2 rings (SSSR count). The van der Waals surface area contributed by atoms with Gasteiger partial charge in [0, 0.05) is 10.4 Å². The number of amides is 1. The van der Waals surface area contributed by atoms with Crippen LogP contribution in [0.5, 0.6) is 5.75 Å². The number of rotatable bonds is 5. The summed E-state index contributed by atoms with van der Waals surface area (Å²) in [5, 5.41) is 2.84. The van der Waals surface area contributed by atoms with Gasteiger partial charge in [-0.05, 0) is 30.7 Å². The van der Waals surface area contributed by atoms with Crippen LogP contribution in [-0.4, -0.2) is 18.0 Å². The van der Waals surface area contributed by atoms with Gasteiger partial charge in [-0.15, -0.1) is 11.3 Å². The molecule has 0 atom stereocenters. The zero-order valence-electron chi connectivity index (χ0n) is 11.8. The van der Waals surface area contributed by atoms with E-state index in [9.17, 15) is 4.79 Å². The molecule has 0 unspecified atom stereocenters. The summed E-state index contributed by atoms with van der Waals surface area (Å²) in [6.45, 7) is 2.05. The second kappa shape index (κ2) is 6.69. The zero-order valence-corrected chi connectivity index (χ0v) is 13.4. The van der Waals surface area contributed by atoms with E-state index in [1.54, 1.807) is 18.2 Å². The number of carbonyl (C=O) groups excluding carboxylic acids is 1. The Bertz CT molecular complexity index is 680. The monoisotopic (exact) mass is 320 g/mol. The van der Waals surface area contributed by atoms with E-state index >= 15 is 0 Å². The molecular formula is C15H16N2O2S2. The predicted octanol–water partition coefficient (Wildman–Crippen LogP) is 3.21. The molecule has 1 heterocycles. The molecule has 0 aliphatic heterocycles. The molecule has 0 radical (unpaired) electrons. The largest absolute Gasteiger partial charge is 0.495 e. The minimum atomic E-state index is -0.193. The number of thiophene rings is 1. The van der Waals surface area contributed by atoms with E-state index in [4.69, 9.17) is 22.7 Å². The molecule has 1 amide bonds. The number of methoxy groups -OCH3 is 1. The summed E-state index contributed by atoms with van der Waals surface area (Å²) in [4.78, 5) is 14.4. The Hall–Kier alpha value is -1.92. The first-order chi connectivity index (χ1) is 10.1. The summed E-state index contributed by atoms with van der Waals surface area (Å²) in [6.07, 6.45) is 0.907. The number of ether oxygens (including phenoxy) is 1. The molecule has 2 aromatic rings. The van der Waals surface area contributed by atoms with Crippen molar-refractivity contribution in [2.75, 3.05) is 12.4 Å². The molecule has 21 heavy (non-hydrogen) atoms. The molecular weight excluding hydrogens is 304 g/mol. The molecule has 4 nitrogen and oxygen atoms in total. The van der Waals surface area contributed by atoms with Crippen molar-refractivity contribution in [2.45, 2.75) is 13.3 Å². The Labute approximate surface area is 132 Å². The average Bonchev–Trinajstić information content (AvgIpc) is 2.96. The molecule has 0 bridgehead atoms. The molecule has 0 aliphatic rings. The third-order valence-electron chi connectivity index (χ3n) is 2.98. The number of hydrogen-bond donors (Lipinski definition) is 2. The van der Waals surface area contributed by atoms with Crippen LogP contribution in [0.15, 0.2) is 30.3 Å².